The third-order valence-corrected chi connectivity index (χ3v) is 3.38. The summed E-state index contributed by atoms with van der Waals surface area (Å²) in [7, 11) is -0.548. The van der Waals surface area contributed by atoms with Crippen molar-refractivity contribution < 1.29 is 44.4 Å². The number of rotatable bonds is 3. The first kappa shape index (κ1) is 18.3. The SMILES string of the molecule is O=[N+]([O-])c1cc(OC(F)(F)F)c(C(F)(F)F)c(S(=O)(=O)Cl)c1. The molecule has 1 aromatic carbocycles. The maximum Gasteiger partial charge on any atom is 0.573 e. The Morgan fingerprint density at radius 3 is 1.95 bits per heavy atom. The van der Waals surface area contributed by atoms with Gasteiger partial charge in [0.05, 0.1) is 11.0 Å². The van der Waals surface area contributed by atoms with Crippen molar-refractivity contribution in [3.05, 3.63) is 27.8 Å². The number of nitro benzene ring substituents is 1. The Morgan fingerprint density at radius 2 is 1.64 bits per heavy atom. The molecule has 0 atom stereocenters. The Morgan fingerprint density at radius 1 is 1.14 bits per heavy atom. The second-order valence-corrected chi connectivity index (χ2v) is 6.09. The van der Waals surface area contributed by atoms with Gasteiger partial charge in [-0.25, -0.2) is 8.42 Å². The van der Waals surface area contributed by atoms with Gasteiger partial charge in [0.2, 0.25) is 0 Å². The molecule has 0 aliphatic heterocycles. The van der Waals surface area contributed by atoms with Crippen molar-refractivity contribution in [3.8, 4) is 5.75 Å². The minimum absolute atomic E-state index is 0.117. The number of hydrogen-bond acceptors (Lipinski definition) is 5. The summed E-state index contributed by atoms with van der Waals surface area (Å²) in [4.78, 5) is 7.18. The van der Waals surface area contributed by atoms with Crippen molar-refractivity contribution in [2.75, 3.05) is 0 Å². The smallest absolute Gasteiger partial charge is 0.405 e. The summed E-state index contributed by atoms with van der Waals surface area (Å²) in [6.45, 7) is 0. The molecule has 0 aliphatic carbocycles. The zero-order chi connectivity index (χ0) is 17.5. The summed E-state index contributed by atoms with van der Waals surface area (Å²) in [6, 6.07) is -0.323. The molecule has 0 N–H and O–H groups in total. The van der Waals surface area contributed by atoms with Crippen LogP contribution in [0, 0.1) is 10.1 Å². The molecule has 0 aromatic heterocycles. The van der Waals surface area contributed by atoms with Crippen molar-refractivity contribution in [1.29, 1.82) is 0 Å². The van der Waals surface area contributed by atoms with E-state index < -0.39 is 48.4 Å². The van der Waals surface area contributed by atoms with Crippen molar-refractivity contribution in [2.24, 2.45) is 0 Å². The van der Waals surface area contributed by atoms with Gasteiger partial charge in [0, 0.05) is 16.7 Å². The first-order valence-electron chi connectivity index (χ1n) is 4.73. The van der Waals surface area contributed by atoms with E-state index in [1.807, 2.05) is 0 Å². The van der Waals surface area contributed by atoms with Crippen molar-refractivity contribution >= 4 is 25.4 Å². The molecule has 22 heavy (non-hydrogen) atoms. The predicted molar refractivity (Wildman–Crippen MR) is 57.8 cm³/mol. The van der Waals surface area contributed by atoms with Gasteiger partial charge in [-0.05, 0) is 0 Å². The van der Waals surface area contributed by atoms with Gasteiger partial charge in [-0.1, -0.05) is 0 Å². The van der Waals surface area contributed by atoms with Gasteiger partial charge in [0.25, 0.3) is 14.7 Å². The topological polar surface area (TPSA) is 86.5 Å². The molecule has 1 rings (SSSR count). The van der Waals surface area contributed by atoms with E-state index in [0.717, 1.165) is 0 Å². The number of benzene rings is 1. The van der Waals surface area contributed by atoms with Gasteiger partial charge in [-0.2, -0.15) is 13.2 Å². The Bertz CT molecular complexity index is 713. The number of halogens is 7. The fraction of sp³-hybridized carbons (Fsp3) is 0.250. The second kappa shape index (κ2) is 5.46. The lowest BCUT2D eigenvalue weighted by molar-refractivity contribution is -0.385. The Balaban J connectivity index is 3.86. The molecule has 14 heteroatoms. The molecule has 0 bridgehead atoms. The number of non-ortho nitro benzene ring substituents is 1. The molecular weight excluding hydrogens is 372 g/mol. The Labute approximate surface area is 121 Å². The lowest BCUT2D eigenvalue weighted by atomic mass is 10.1. The van der Waals surface area contributed by atoms with Gasteiger partial charge in [0.1, 0.15) is 16.2 Å². The zero-order valence-corrected chi connectivity index (χ0v) is 11.3. The molecule has 0 heterocycles. The first-order valence-corrected chi connectivity index (χ1v) is 7.04. The standard InChI is InChI=1S/C8H2ClF6NO5S/c9-22(19,20)5-2-3(16(17)18)1-4(21-8(13,14)15)6(5)7(10,11)12/h1-2H. The van der Waals surface area contributed by atoms with Gasteiger partial charge in [-0.3, -0.25) is 10.1 Å². The second-order valence-electron chi connectivity index (χ2n) is 3.56. The van der Waals surface area contributed by atoms with Crippen LogP contribution in [0.15, 0.2) is 17.0 Å². The van der Waals surface area contributed by atoms with Gasteiger partial charge in [-0.15, -0.1) is 13.2 Å². The van der Waals surface area contributed by atoms with Crippen LogP contribution in [0.25, 0.3) is 0 Å². The van der Waals surface area contributed by atoms with Crippen LogP contribution in [-0.2, 0) is 15.2 Å². The van der Waals surface area contributed by atoms with E-state index in [1.54, 1.807) is 0 Å². The van der Waals surface area contributed by atoms with Crippen molar-refractivity contribution in [1.82, 2.24) is 0 Å². The minimum atomic E-state index is -5.65. The number of ether oxygens (including phenoxy) is 1. The molecule has 0 aliphatic rings. The number of hydrogen-bond donors (Lipinski definition) is 0. The highest BCUT2D eigenvalue weighted by molar-refractivity contribution is 8.13. The fourth-order valence-corrected chi connectivity index (χ4v) is 2.45. The van der Waals surface area contributed by atoms with E-state index in [1.165, 1.54) is 0 Å². The number of alkyl halides is 6. The van der Waals surface area contributed by atoms with Crippen LogP contribution in [-0.4, -0.2) is 19.7 Å². The third kappa shape index (κ3) is 4.37. The summed E-state index contributed by atoms with van der Waals surface area (Å²) in [5.74, 6) is -2.10. The zero-order valence-electron chi connectivity index (χ0n) is 9.70. The van der Waals surface area contributed by atoms with Crippen LogP contribution in [0.3, 0.4) is 0 Å². The van der Waals surface area contributed by atoms with Crippen LogP contribution in [0.5, 0.6) is 5.75 Å². The van der Waals surface area contributed by atoms with Crippen LogP contribution < -0.4 is 4.74 Å². The van der Waals surface area contributed by atoms with E-state index in [0.29, 0.717) is 0 Å². The van der Waals surface area contributed by atoms with Crippen LogP contribution in [0.1, 0.15) is 5.56 Å². The van der Waals surface area contributed by atoms with E-state index in [9.17, 15) is 44.9 Å². The lowest BCUT2D eigenvalue weighted by Crippen LogP contribution is -2.21. The third-order valence-electron chi connectivity index (χ3n) is 2.03. The largest absolute Gasteiger partial charge is 0.573 e. The number of nitrogens with zero attached hydrogens (tertiary/aromatic N) is 1. The monoisotopic (exact) mass is 373 g/mol. The van der Waals surface area contributed by atoms with Crippen LogP contribution in [0.4, 0.5) is 32.0 Å². The van der Waals surface area contributed by atoms with Crippen LogP contribution >= 0.6 is 10.7 Å². The van der Waals surface area contributed by atoms with E-state index in [-0.39, 0.29) is 12.1 Å². The van der Waals surface area contributed by atoms with Gasteiger partial charge < -0.3 is 4.74 Å². The molecule has 6 nitrogen and oxygen atoms in total. The van der Waals surface area contributed by atoms with Gasteiger partial charge >= 0.3 is 12.5 Å². The highest BCUT2D eigenvalue weighted by Gasteiger charge is 2.45. The normalized spacial score (nSPS) is 13.0. The molecule has 1 aromatic rings. The van der Waals surface area contributed by atoms with Gasteiger partial charge in [0.15, 0.2) is 0 Å². The molecule has 0 spiro atoms. The summed E-state index contributed by atoms with van der Waals surface area (Å²) in [5, 5.41) is 10.5. The maximum atomic E-state index is 12.8. The fourth-order valence-electron chi connectivity index (χ4n) is 1.36. The molecule has 0 unspecified atom stereocenters. The van der Waals surface area contributed by atoms with E-state index in [2.05, 4.69) is 4.74 Å². The number of nitro groups is 1. The lowest BCUT2D eigenvalue weighted by Gasteiger charge is -2.17. The Hall–Kier alpha value is -1.76. The molecule has 0 fully saturated rings. The molecule has 0 saturated heterocycles. The summed E-state index contributed by atoms with van der Waals surface area (Å²) in [6.07, 6.45) is -11.3. The molecule has 0 radical (unpaired) electrons. The first-order chi connectivity index (χ1) is 9.63. The predicted octanol–water partition coefficient (Wildman–Crippen LogP) is 3.44. The molecule has 0 saturated carbocycles. The average molecular weight is 374 g/mol. The van der Waals surface area contributed by atoms with Crippen molar-refractivity contribution in [2.45, 2.75) is 17.4 Å². The molecular formula is C8H2ClF6NO5S. The minimum Gasteiger partial charge on any atom is -0.405 e. The quantitative estimate of drug-likeness (QED) is 0.350. The highest BCUT2D eigenvalue weighted by Crippen LogP contribution is 2.45. The summed E-state index contributed by atoms with van der Waals surface area (Å²) < 4.78 is 100. The van der Waals surface area contributed by atoms with E-state index >= 15 is 0 Å². The van der Waals surface area contributed by atoms with E-state index in [4.69, 9.17) is 10.7 Å². The molecule has 0 amide bonds. The highest BCUT2D eigenvalue weighted by atomic mass is 35.7. The van der Waals surface area contributed by atoms with Crippen molar-refractivity contribution in [3.63, 3.8) is 0 Å². The average Bonchev–Trinajstić information content (AvgIpc) is 2.22. The summed E-state index contributed by atoms with van der Waals surface area (Å²) >= 11 is 0. The maximum absolute atomic E-state index is 12.8. The molecule has 124 valence electrons. The Kier molecular flexibility index (Phi) is 4.54. The summed E-state index contributed by atoms with van der Waals surface area (Å²) in [5.41, 5.74) is -3.78. The van der Waals surface area contributed by atoms with Crippen LogP contribution in [0.2, 0.25) is 0 Å².